The predicted molar refractivity (Wildman–Crippen MR) is 37.9 cm³/mol. The summed E-state index contributed by atoms with van der Waals surface area (Å²) in [6.07, 6.45) is 0.500. The molecule has 0 fully saturated rings. The second kappa shape index (κ2) is 6.51. The number of esters is 1. The zero-order valence-corrected chi connectivity index (χ0v) is 6.39. The van der Waals surface area contributed by atoms with E-state index in [4.69, 9.17) is 5.73 Å². The lowest BCUT2D eigenvalue weighted by molar-refractivity contribution is -0.146. The lowest BCUT2D eigenvalue weighted by atomic mass is 10.4. The Labute approximate surface area is 65.1 Å². The molecule has 0 amide bonds. The van der Waals surface area contributed by atoms with Crippen molar-refractivity contribution in [1.29, 1.82) is 0 Å². The number of rotatable bonds is 3. The number of carbonyl (C=O) groups excluding carboxylic acids is 2. The minimum Gasteiger partial charge on any atom is -0.457 e. The maximum atomic E-state index is 10.4. The summed E-state index contributed by atoms with van der Waals surface area (Å²) in [6.45, 7) is 1.29. The SMILES string of the molecule is C[C@H](N)C(=O)OCC=O.Cl. The number of nitrogens with two attached hydrogens (primary N) is 1. The molecule has 0 aromatic rings. The Bertz CT molecular complexity index is 115. The largest absolute Gasteiger partial charge is 0.457 e. The first-order chi connectivity index (χ1) is 4.18. The standard InChI is InChI=1S/C5H9NO3.ClH/c1-4(6)5(8)9-3-2-7;/h2,4H,3,6H2,1H3;1H/t4-;/m0./s1. The second-order valence-corrected chi connectivity index (χ2v) is 1.59. The number of carbonyl (C=O) groups is 2. The summed E-state index contributed by atoms with van der Waals surface area (Å²) in [4.78, 5) is 20.0. The minimum atomic E-state index is -0.648. The van der Waals surface area contributed by atoms with Crippen LogP contribution in [0.4, 0.5) is 0 Å². The first-order valence-corrected chi connectivity index (χ1v) is 2.54. The maximum absolute atomic E-state index is 10.4. The quantitative estimate of drug-likeness (QED) is 0.455. The van der Waals surface area contributed by atoms with Crippen LogP contribution in [0.25, 0.3) is 0 Å². The molecule has 0 aliphatic rings. The zero-order valence-electron chi connectivity index (χ0n) is 5.57. The molecule has 0 aliphatic heterocycles. The molecule has 1 atom stereocenters. The topological polar surface area (TPSA) is 69.4 Å². The van der Waals surface area contributed by atoms with Crippen LogP contribution >= 0.6 is 12.4 Å². The van der Waals surface area contributed by atoms with Crippen LogP contribution in [-0.2, 0) is 14.3 Å². The van der Waals surface area contributed by atoms with E-state index in [9.17, 15) is 9.59 Å². The molecular formula is C5H10ClNO3. The van der Waals surface area contributed by atoms with E-state index in [1.54, 1.807) is 0 Å². The first-order valence-electron chi connectivity index (χ1n) is 2.54. The van der Waals surface area contributed by atoms with Crippen molar-refractivity contribution < 1.29 is 14.3 Å². The van der Waals surface area contributed by atoms with Gasteiger partial charge in [-0.3, -0.25) is 9.59 Å². The van der Waals surface area contributed by atoms with E-state index in [1.165, 1.54) is 6.92 Å². The van der Waals surface area contributed by atoms with Crippen LogP contribution in [0.5, 0.6) is 0 Å². The Kier molecular flexibility index (Phi) is 7.88. The fourth-order valence-corrected chi connectivity index (χ4v) is 0.248. The molecule has 0 unspecified atom stereocenters. The lowest BCUT2D eigenvalue weighted by Crippen LogP contribution is -2.29. The van der Waals surface area contributed by atoms with Gasteiger partial charge in [-0.15, -0.1) is 12.4 Å². The monoisotopic (exact) mass is 167 g/mol. The van der Waals surface area contributed by atoms with Gasteiger partial charge in [0.05, 0.1) is 0 Å². The van der Waals surface area contributed by atoms with Crippen LogP contribution in [0, 0.1) is 0 Å². The molecule has 4 nitrogen and oxygen atoms in total. The Hall–Kier alpha value is -0.610. The third kappa shape index (κ3) is 5.53. The molecule has 0 aromatic heterocycles. The van der Waals surface area contributed by atoms with Crippen molar-refractivity contribution in [2.75, 3.05) is 6.61 Å². The molecule has 0 saturated heterocycles. The molecule has 5 heteroatoms. The Morgan fingerprint density at radius 3 is 2.60 bits per heavy atom. The summed E-state index contributed by atoms with van der Waals surface area (Å²) in [5, 5.41) is 0. The van der Waals surface area contributed by atoms with Crippen LogP contribution < -0.4 is 5.73 Å². The van der Waals surface area contributed by atoms with Crippen LogP contribution in [0.3, 0.4) is 0 Å². The highest BCUT2D eigenvalue weighted by Crippen LogP contribution is 1.80. The number of ether oxygens (including phenoxy) is 1. The van der Waals surface area contributed by atoms with E-state index in [1.807, 2.05) is 0 Å². The van der Waals surface area contributed by atoms with Crippen molar-refractivity contribution in [1.82, 2.24) is 0 Å². The van der Waals surface area contributed by atoms with Crippen LogP contribution in [0.2, 0.25) is 0 Å². The molecule has 2 N–H and O–H groups in total. The summed E-state index contributed by atoms with van der Waals surface area (Å²) >= 11 is 0. The highest BCUT2D eigenvalue weighted by Gasteiger charge is 2.06. The molecule has 0 spiro atoms. The van der Waals surface area contributed by atoms with Crippen molar-refractivity contribution in [2.45, 2.75) is 13.0 Å². The van der Waals surface area contributed by atoms with Gasteiger partial charge in [-0.25, -0.2) is 0 Å². The molecule has 0 rings (SSSR count). The number of hydrogen-bond donors (Lipinski definition) is 1. The third-order valence-corrected chi connectivity index (χ3v) is 0.665. The fraction of sp³-hybridized carbons (Fsp3) is 0.600. The Balaban J connectivity index is 0. The van der Waals surface area contributed by atoms with E-state index in [2.05, 4.69) is 4.74 Å². The zero-order chi connectivity index (χ0) is 7.28. The Morgan fingerprint density at radius 2 is 2.30 bits per heavy atom. The molecule has 0 saturated carbocycles. The van der Waals surface area contributed by atoms with Gasteiger partial charge in [0.25, 0.3) is 0 Å². The van der Waals surface area contributed by atoms with Gasteiger partial charge in [-0.1, -0.05) is 0 Å². The van der Waals surface area contributed by atoms with Crippen molar-refractivity contribution in [3.05, 3.63) is 0 Å². The fourth-order valence-electron chi connectivity index (χ4n) is 0.248. The molecule has 10 heavy (non-hydrogen) atoms. The smallest absolute Gasteiger partial charge is 0.323 e. The van der Waals surface area contributed by atoms with E-state index in [0.717, 1.165) is 0 Å². The normalized spacial score (nSPS) is 11.0. The lowest BCUT2D eigenvalue weighted by Gasteiger charge is -2.01. The molecule has 0 aliphatic carbocycles. The van der Waals surface area contributed by atoms with Crippen LogP contribution in [0.1, 0.15) is 6.92 Å². The van der Waals surface area contributed by atoms with Gasteiger partial charge in [0.15, 0.2) is 6.29 Å². The minimum absolute atomic E-state index is 0. The molecule has 0 aromatic carbocycles. The van der Waals surface area contributed by atoms with Gasteiger partial charge in [0, 0.05) is 0 Å². The van der Waals surface area contributed by atoms with Crippen molar-refractivity contribution in [3.63, 3.8) is 0 Å². The molecule has 60 valence electrons. The molecular weight excluding hydrogens is 158 g/mol. The average Bonchev–Trinajstić information content (AvgIpc) is 1.82. The van der Waals surface area contributed by atoms with Crippen molar-refractivity contribution >= 4 is 24.7 Å². The summed E-state index contributed by atoms with van der Waals surface area (Å²) < 4.78 is 4.32. The highest BCUT2D eigenvalue weighted by atomic mass is 35.5. The number of hydrogen-bond acceptors (Lipinski definition) is 4. The van der Waals surface area contributed by atoms with Gasteiger partial charge in [0.2, 0.25) is 0 Å². The molecule has 0 bridgehead atoms. The number of halogens is 1. The number of aldehydes is 1. The van der Waals surface area contributed by atoms with Gasteiger partial charge in [-0.05, 0) is 6.92 Å². The maximum Gasteiger partial charge on any atom is 0.323 e. The second-order valence-electron chi connectivity index (χ2n) is 1.59. The first kappa shape index (κ1) is 12.1. The summed E-state index contributed by atoms with van der Waals surface area (Å²) in [7, 11) is 0. The van der Waals surface area contributed by atoms with Gasteiger partial charge >= 0.3 is 5.97 Å². The predicted octanol–water partition coefficient (Wildman–Crippen LogP) is -0.502. The van der Waals surface area contributed by atoms with Crippen molar-refractivity contribution in [3.8, 4) is 0 Å². The van der Waals surface area contributed by atoms with E-state index in [0.29, 0.717) is 6.29 Å². The van der Waals surface area contributed by atoms with Crippen molar-refractivity contribution in [2.24, 2.45) is 5.73 Å². The van der Waals surface area contributed by atoms with E-state index in [-0.39, 0.29) is 19.0 Å². The van der Waals surface area contributed by atoms with E-state index >= 15 is 0 Å². The van der Waals surface area contributed by atoms with Crippen LogP contribution in [-0.4, -0.2) is 24.9 Å². The third-order valence-electron chi connectivity index (χ3n) is 0.665. The molecule has 0 heterocycles. The summed E-state index contributed by atoms with van der Waals surface area (Å²) in [5.74, 6) is -0.554. The van der Waals surface area contributed by atoms with Gasteiger partial charge in [-0.2, -0.15) is 0 Å². The van der Waals surface area contributed by atoms with E-state index < -0.39 is 12.0 Å². The summed E-state index contributed by atoms with van der Waals surface area (Å²) in [6, 6.07) is -0.648. The Morgan fingerprint density at radius 1 is 1.80 bits per heavy atom. The molecule has 0 radical (unpaired) electrons. The van der Waals surface area contributed by atoms with Crippen LogP contribution in [0.15, 0.2) is 0 Å². The average molecular weight is 168 g/mol. The van der Waals surface area contributed by atoms with Gasteiger partial charge in [0.1, 0.15) is 12.6 Å². The summed E-state index contributed by atoms with van der Waals surface area (Å²) in [5.41, 5.74) is 5.09. The highest BCUT2D eigenvalue weighted by molar-refractivity contribution is 5.85. The van der Waals surface area contributed by atoms with Gasteiger partial charge < -0.3 is 10.5 Å².